The molecule has 1 aromatic carbocycles. The van der Waals surface area contributed by atoms with Crippen molar-refractivity contribution in [3.63, 3.8) is 0 Å². The lowest BCUT2D eigenvalue weighted by atomic mass is 10.1. The van der Waals surface area contributed by atoms with Crippen LogP contribution in [0.2, 0.25) is 0 Å². The van der Waals surface area contributed by atoms with Crippen LogP contribution < -0.4 is 4.72 Å². The Hall–Kier alpha value is -1.02. The van der Waals surface area contributed by atoms with Crippen molar-refractivity contribution in [3.8, 4) is 0 Å². The smallest absolute Gasteiger partial charge is 0.241 e. The highest BCUT2D eigenvalue weighted by molar-refractivity contribution is 7.89. The second-order valence-corrected chi connectivity index (χ2v) is 8.29. The zero-order chi connectivity index (χ0) is 17.2. The number of sulfonamides is 1. The molecule has 1 aromatic rings. The topological polar surface area (TPSA) is 69.6 Å². The minimum Gasteiger partial charge on any atom is -0.390 e. The average molecular weight is 344 g/mol. The van der Waals surface area contributed by atoms with Crippen molar-refractivity contribution in [2.24, 2.45) is 5.92 Å². The van der Waals surface area contributed by atoms with Crippen LogP contribution in [0.5, 0.6) is 0 Å². The van der Waals surface area contributed by atoms with Crippen molar-refractivity contribution in [1.82, 2.24) is 9.62 Å². The number of hydrogen-bond acceptors (Lipinski definition) is 4. The molecule has 0 saturated carbocycles. The van der Waals surface area contributed by atoms with Gasteiger partial charge in [-0.2, -0.15) is 0 Å². The maximum absolute atomic E-state index is 13.3. The first kappa shape index (κ1) is 18.3. The molecule has 0 spiro atoms. The van der Waals surface area contributed by atoms with Crippen molar-refractivity contribution < 1.29 is 17.9 Å². The van der Waals surface area contributed by atoms with E-state index in [0.29, 0.717) is 24.1 Å². The molecule has 2 rings (SSSR count). The molecule has 3 atom stereocenters. The molecular formula is C16H25FN2O3S. The van der Waals surface area contributed by atoms with Crippen molar-refractivity contribution in [2.45, 2.75) is 44.2 Å². The molecule has 1 aliphatic rings. The summed E-state index contributed by atoms with van der Waals surface area (Å²) < 4.78 is 40.2. The van der Waals surface area contributed by atoms with E-state index in [0.717, 1.165) is 19.0 Å². The van der Waals surface area contributed by atoms with Gasteiger partial charge in [-0.25, -0.2) is 17.5 Å². The summed E-state index contributed by atoms with van der Waals surface area (Å²) in [6, 6.07) is 4.03. The molecule has 2 N–H and O–H groups in total. The number of hydrogen-bond donors (Lipinski definition) is 2. The van der Waals surface area contributed by atoms with Gasteiger partial charge in [-0.3, -0.25) is 4.90 Å². The lowest BCUT2D eigenvalue weighted by Gasteiger charge is -2.24. The van der Waals surface area contributed by atoms with Gasteiger partial charge in [0.15, 0.2) is 0 Å². The van der Waals surface area contributed by atoms with E-state index in [2.05, 4.69) is 23.5 Å². The number of nitrogens with zero attached hydrogens (tertiary/aromatic N) is 1. The number of rotatable bonds is 6. The molecule has 3 unspecified atom stereocenters. The number of β-amino-alcohol motifs (C(OH)–C–C–N with tert-alkyl or cyclic N) is 1. The number of halogens is 1. The van der Waals surface area contributed by atoms with E-state index in [4.69, 9.17) is 0 Å². The molecule has 23 heavy (non-hydrogen) atoms. The van der Waals surface area contributed by atoms with Gasteiger partial charge in [-0.1, -0.05) is 13.0 Å². The fourth-order valence-electron chi connectivity index (χ4n) is 3.12. The second kappa shape index (κ2) is 7.25. The molecule has 7 heteroatoms. The monoisotopic (exact) mass is 344 g/mol. The van der Waals surface area contributed by atoms with E-state index in [1.54, 1.807) is 6.92 Å². The van der Waals surface area contributed by atoms with Crippen LogP contribution >= 0.6 is 0 Å². The summed E-state index contributed by atoms with van der Waals surface area (Å²) in [4.78, 5) is 2.07. The summed E-state index contributed by atoms with van der Waals surface area (Å²) in [5.41, 5.74) is 0.468. The van der Waals surface area contributed by atoms with E-state index < -0.39 is 21.9 Å². The van der Waals surface area contributed by atoms with E-state index in [-0.39, 0.29) is 11.4 Å². The number of aryl methyl sites for hydroxylation is 1. The summed E-state index contributed by atoms with van der Waals surface area (Å²) in [6.45, 7) is 7.13. The molecule has 1 heterocycles. The van der Waals surface area contributed by atoms with Crippen LogP contribution in [-0.4, -0.2) is 50.2 Å². The number of benzene rings is 1. The average Bonchev–Trinajstić information content (AvgIpc) is 2.77. The van der Waals surface area contributed by atoms with Crippen LogP contribution in [0.1, 0.15) is 25.8 Å². The number of aliphatic hydroxyl groups is 1. The molecule has 1 saturated heterocycles. The van der Waals surface area contributed by atoms with Crippen LogP contribution in [0.25, 0.3) is 0 Å². The van der Waals surface area contributed by atoms with Crippen LogP contribution in [0.3, 0.4) is 0 Å². The number of nitrogens with one attached hydrogen (secondary N) is 1. The first-order valence-corrected chi connectivity index (χ1v) is 9.35. The minimum atomic E-state index is -3.83. The third-order valence-electron chi connectivity index (χ3n) is 4.31. The fraction of sp³-hybridized carbons (Fsp3) is 0.625. The Labute approximate surface area is 137 Å². The summed E-state index contributed by atoms with van der Waals surface area (Å²) in [6.07, 6.45) is 0.285. The van der Waals surface area contributed by atoms with E-state index >= 15 is 0 Å². The highest BCUT2D eigenvalue weighted by atomic mass is 32.2. The van der Waals surface area contributed by atoms with Gasteiger partial charge in [-0.05, 0) is 43.9 Å². The maximum Gasteiger partial charge on any atom is 0.241 e. The Bertz CT molecular complexity index is 651. The molecule has 1 aliphatic heterocycles. The molecule has 1 fully saturated rings. The van der Waals surface area contributed by atoms with E-state index in [1.165, 1.54) is 12.1 Å². The zero-order valence-electron chi connectivity index (χ0n) is 13.8. The summed E-state index contributed by atoms with van der Waals surface area (Å²) >= 11 is 0. The van der Waals surface area contributed by atoms with Crippen molar-refractivity contribution in [1.29, 1.82) is 0 Å². The normalized spacial score (nSPS) is 24.0. The standard InChI is InChI=1S/C16H25FN2O3S/c1-11-6-13(3)19(9-11)10-15(20)8-18-23(21,22)16-7-14(17)5-4-12(16)2/h4-5,7,11,13,15,18,20H,6,8-10H2,1-3H3. The SMILES string of the molecule is Cc1ccc(F)cc1S(=O)(=O)NCC(O)CN1CC(C)CC1C. The maximum atomic E-state index is 13.3. The third-order valence-corrected chi connectivity index (χ3v) is 5.87. The summed E-state index contributed by atoms with van der Waals surface area (Å²) in [5.74, 6) is -0.0137. The van der Waals surface area contributed by atoms with Gasteiger partial charge in [0.1, 0.15) is 5.82 Å². The van der Waals surface area contributed by atoms with E-state index in [9.17, 15) is 17.9 Å². The molecule has 0 bridgehead atoms. The minimum absolute atomic E-state index is 0.0874. The van der Waals surface area contributed by atoms with Crippen LogP contribution in [0, 0.1) is 18.7 Å². The quantitative estimate of drug-likeness (QED) is 0.821. The Balaban J connectivity index is 1.95. The lowest BCUT2D eigenvalue weighted by Crippen LogP contribution is -2.41. The zero-order valence-corrected chi connectivity index (χ0v) is 14.6. The second-order valence-electron chi connectivity index (χ2n) is 6.56. The largest absolute Gasteiger partial charge is 0.390 e. The van der Waals surface area contributed by atoms with Crippen LogP contribution in [-0.2, 0) is 10.0 Å². The Kier molecular flexibility index (Phi) is 5.78. The van der Waals surface area contributed by atoms with Gasteiger partial charge < -0.3 is 5.11 Å². The lowest BCUT2D eigenvalue weighted by molar-refractivity contribution is 0.111. The molecular weight excluding hydrogens is 319 g/mol. The van der Waals surface area contributed by atoms with Crippen LogP contribution in [0.15, 0.2) is 23.1 Å². The predicted octanol–water partition coefficient (Wildman–Crippen LogP) is 1.50. The van der Waals surface area contributed by atoms with Crippen LogP contribution in [0.4, 0.5) is 4.39 Å². The molecule has 130 valence electrons. The highest BCUT2D eigenvalue weighted by Crippen LogP contribution is 2.22. The highest BCUT2D eigenvalue weighted by Gasteiger charge is 2.28. The Morgan fingerprint density at radius 2 is 2.13 bits per heavy atom. The molecule has 0 radical (unpaired) electrons. The van der Waals surface area contributed by atoms with Gasteiger partial charge in [0.25, 0.3) is 0 Å². The third kappa shape index (κ3) is 4.73. The van der Waals surface area contributed by atoms with E-state index in [1.807, 2.05) is 0 Å². The first-order valence-electron chi connectivity index (χ1n) is 7.87. The molecule has 0 aliphatic carbocycles. The Morgan fingerprint density at radius 3 is 2.74 bits per heavy atom. The molecule has 0 amide bonds. The summed E-state index contributed by atoms with van der Waals surface area (Å²) in [7, 11) is -3.83. The van der Waals surface area contributed by atoms with Gasteiger partial charge in [0.2, 0.25) is 10.0 Å². The molecule has 5 nitrogen and oxygen atoms in total. The Morgan fingerprint density at radius 1 is 1.43 bits per heavy atom. The summed E-state index contributed by atoms with van der Waals surface area (Å²) in [5, 5.41) is 10.1. The van der Waals surface area contributed by atoms with Gasteiger partial charge in [-0.15, -0.1) is 0 Å². The predicted molar refractivity (Wildman–Crippen MR) is 87.1 cm³/mol. The van der Waals surface area contributed by atoms with Gasteiger partial charge in [0.05, 0.1) is 11.0 Å². The molecule has 0 aromatic heterocycles. The fourth-order valence-corrected chi connectivity index (χ4v) is 4.45. The van der Waals surface area contributed by atoms with Crippen molar-refractivity contribution >= 4 is 10.0 Å². The number of likely N-dealkylation sites (tertiary alicyclic amines) is 1. The first-order chi connectivity index (χ1) is 10.7. The van der Waals surface area contributed by atoms with Crippen molar-refractivity contribution in [3.05, 3.63) is 29.6 Å². The van der Waals surface area contributed by atoms with Gasteiger partial charge >= 0.3 is 0 Å². The van der Waals surface area contributed by atoms with Gasteiger partial charge in [0, 0.05) is 25.7 Å². The number of aliphatic hydroxyl groups excluding tert-OH is 1. The van der Waals surface area contributed by atoms with Crippen molar-refractivity contribution in [2.75, 3.05) is 19.6 Å².